The Morgan fingerprint density at radius 3 is 1.33 bits per heavy atom. The molecular formula is C32H18N2O2. The van der Waals surface area contributed by atoms with Gasteiger partial charge in [0.15, 0.2) is 0 Å². The second-order valence-electron chi connectivity index (χ2n) is 8.98. The van der Waals surface area contributed by atoms with Gasteiger partial charge in [0.05, 0.1) is 11.0 Å². The van der Waals surface area contributed by atoms with Crippen LogP contribution in [0.1, 0.15) is 0 Å². The number of hydrogen-bond donors (Lipinski definition) is 0. The van der Waals surface area contributed by atoms with Gasteiger partial charge in [-0.3, -0.25) is 9.97 Å². The molecule has 4 heterocycles. The van der Waals surface area contributed by atoms with E-state index in [-0.39, 0.29) is 0 Å². The van der Waals surface area contributed by atoms with Crippen molar-refractivity contribution in [2.24, 2.45) is 0 Å². The molecule has 0 fully saturated rings. The van der Waals surface area contributed by atoms with Gasteiger partial charge in [-0.05, 0) is 24.3 Å². The summed E-state index contributed by atoms with van der Waals surface area (Å²) in [6.45, 7) is 0. The van der Waals surface area contributed by atoms with Crippen molar-refractivity contribution in [2.45, 2.75) is 0 Å². The standard InChI is InChI=1S/C32H18N2O2/c1-3-13-27-19(7-1)23-9-5-11-25(31(23)35-27)21-15-17-34-30-22(16-18-33-29(21)30)26-12-6-10-24-20-8-2-4-14-28(20)36-32(24)26/h1-18H. The van der Waals surface area contributed by atoms with Crippen LogP contribution < -0.4 is 0 Å². The Bertz CT molecular complexity index is 1960. The average Bonchev–Trinajstić information content (AvgIpc) is 3.51. The van der Waals surface area contributed by atoms with Gasteiger partial charge in [-0.2, -0.15) is 0 Å². The molecule has 0 amide bonds. The van der Waals surface area contributed by atoms with E-state index < -0.39 is 0 Å². The lowest BCUT2D eigenvalue weighted by atomic mass is 9.98. The maximum atomic E-state index is 6.33. The van der Waals surface area contributed by atoms with Crippen molar-refractivity contribution in [3.8, 4) is 22.3 Å². The predicted octanol–water partition coefficient (Wildman–Crippen LogP) is 8.76. The van der Waals surface area contributed by atoms with Crippen molar-refractivity contribution in [1.82, 2.24) is 9.97 Å². The summed E-state index contributed by atoms with van der Waals surface area (Å²) in [5.74, 6) is 0. The third-order valence-electron chi connectivity index (χ3n) is 7.01. The zero-order valence-electron chi connectivity index (χ0n) is 19.1. The molecule has 0 aliphatic heterocycles. The molecule has 0 saturated carbocycles. The van der Waals surface area contributed by atoms with Crippen LogP contribution in [-0.4, -0.2) is 9.97 Å². The van der Waals surface area contributed by atoms with Crippen LogP contribution in [-0.2, 0) is 0 Å². The van der Waals surface area contributed by atoms with E-state index in [1.807, 2.05) is 60.9 Å². The van der Waals surface area contributed by atoms with Gasteiger partial charge < -0.3 is 8.83 Å². The summed E-state index contributed by atoms with van der Waals surface area (Å²) in [4.78, 5) is 9.58. The van der Waals surface area contributed by atoms with Gasteiger partial charge in [0.1, 0.15) is 22.3 Å². The minimum Gasteiger partial charge on any atom is -0.455 e. The molecule has 0 aliphatic carbocycles. The lowest BCUT2D eigenvalue weighted by Gasteiger charge is -2.10. The molecule has 0 N–H and O–H groups in total. The number of rotatable bonds is 2. The highest BCUT2D eigenvalue weighted by molar-refractivity contribution is 6.14. The maximum Gasteiger partial charge on any atom is 0.143 e. The summed E-state index contributed by atoms with van der Waals surface area (Å²) in [7, 11) is 0. The fourth-order valence-corrected chi connectivity index (χ4v) is 5.40. The van der Waals surface area contributed by atoms with Gasteiger partial charge in [-0.15, -0.1) is 0 Å². The molecule has 0 bridgehead atoms. The van der Waals surface area contributed by atoms with Gasteiger partial charge >= 0.3 is 0 Å². The van der Waals surface area contributed by atoms with Crippen molar-refractivity contribution < 1.29 is 8.83 Å². The van der Waals surface area contributed by atoms with Crippen LogP contribution in [0.2, 0.25) is 0 Å². The molecule has 0 atom stereocenters. The Labute approximate surface area is 205 Å². The summed E-state index contributed by atoms with van der Waals surface area (Å²) in [5, 5.41) is 4.41. The third-order valence-corrected chi connectivity index (χ3v) is 7.01. The summed E-state index contributed by atoms with van der Waals surface area (Å²) in [6.07, 6.45) is 3.70. The van der Waals surface area contributed by atoms with Gasteiger partial charge in [0, 0.05) is 56.2 Å². The molecule has 4 aromatic heterocycles. The van der Waals surface area contributed by atoms with Crippen molar-refractivity contribution in [3.63, 3.8) is 0 Å². The molecule has 36 heavy (non-hydrogen) atoms. The summed E-state index contributed by atoms with van der Waals surface area (Å²) in [5.41, 5.74) is 9.12. The average molecular weight is 463 g/mol. The van der Waals surface area contributed by atoms with Crippen LogP contribution in [0.3, 0.4) is 0 Å². The van der Waals surface area contributed by atoms with Crippen molar-refractivity contribution in [3.05, 3.63) is 109 Å². The highest BCUT2D eigenvalue weighted by atomic mass is 16.3. The van der Waals surface area contributed by atoms with Crippen molar-refractivity contribution >= 4 is 54.9 Å². The number of para-hydroxylation sites is 4. The van der Waals surface area contributed by atoms with E-state index >= 15 is 0 Å². The number of furan rings is 2. The first-order valence-electron chi connectivity index (χ1n) is 11.9. The Morgan fingerprint density at radius 1 is 0.389 bits per heavy atom. The fourth-order valence-electron chi connectivity index (χ4n) is 5.40. The highest BCUT2D eigenvalue weighted by Gasteiger charge is 2.18. The maximum absolute atomic E-state index is 6.33. The first-order chi connectivity index (χ1) is 17.9. The zero-order chi connectivity index (χ0) is 23.6. The highest BCUT2D eigenvalue weighted by Crippen LogP contribution is 2.41. The van der Waals surface area contributed by atoms with Crippen molar-refractivity contribution in [1.29, 1.82) is 0 Å². The van der Waals surface area contributed by atoms with Crippen LogP contribution in [0.15, 0.2) is 118 Å². The largest absolute Gasteiger partial charge is 0.455 e. The van der Waals surface area contributed by atoms with E-state index in [9.17, 15) is 0 Å². The van der Waals surface area contributed by atoms with E-state index in [1.54, 1.807) is 0 Å². The van der Waals surface area contributed by atoms with E-state index in [0.29, 0.717) is 0 Å². The molecule has 8 rings (SSSR count). The van der Waals surface area contributed by atoms with Crippen LogP contribution in [0.4, 0.5) is 0 Å². The number of benzene rings is 4. The molecule has 168 valence electrons. The Kier molecular flexibility index (Phi) is 3.91. The van der Waals surface area contributed by atoms with Crippen molar-refractivity contribution in [2.75, 3.05) is 0 Å². The summed E-state index contributed by atoms with van der Waals surface area (Å²) >= 11 is 0. The monoisotopic (exact) mass is 462 g/mol. The lowest BCUT2D eigenvalue weighted by molar-refractivity contribution is 0.669. The quantitative estimate of drug-likeness (QED) is 0.258. The van der Waals surface area contributed by atoms with E-state index in [0.717, 1.165) is 77.2 Å². The van der Waals surface area contributed by atoms with Crippen LogP contribution >= 0.6 is 0 Å². The van der Waals surface area contributed by atoms with Crippen LogP contribution in [0.5, 0.6) is 0 Å². The van der Waals surface area contributed by atoms with Gasteiger partial charge in [-0.25, -0.2) is 0 Å². The Balaban J connectivity index is 1.42. The molecule has 0 radical (unpaired) electrons. The number of nitrogens with zero attached hydrogens (tertiary/aromatic N) is 2. The first kappa shape index (κ1) is 19.4. The van der Waals surface area contributed by atoms with E-state index in [1.165, 1.54) is 0 Å². The molecule has 0 saturated heterocycles. The van der Waals surface area contributed by atoms with Gasteiger partial charge in [0.25, 0.3) is 0 Å². The lowest BCUT2D eigenvalue weighted by Crippen LogP contribution is -1.91. The Morgan fingerprint density at radius 2 is 0.833 bits per heavy atom. The summed E-state index contributed by atoms with van der Waals surface area (Å²) < 4.78 is 12.7. The molecule has 0 spiro atoms. The predicted molar refractivity (Wildman–Crippen MR) is 145 cm³/mol. The molecular weight excluding hydrogens is 444 g/mol. The number of pyridine rings is 2. The minimum atomic E-state index is 0.830. The molecule has 4 heteroatoms. The van der Waals surface area contributed by atoms with Crippen LogP contribution in [0, 0.1) is 0 Å². The van der Waals surface area contributed by atoms with E-state index in [2.05, 4.69) is 48.5 Å². The summed E-state index contributed by atoms with van der Waals surface area (Å²) in [6, 6.07) is 32.9. The number of aromatic nitrogens is 2. The second kappa shape index (κ2) is 7.27. The number of hydrogen-bond acceptors (Lipinski definition) is 4. The minimum absolute atomic E-state index is 0.830. The molecule has 8 aromatic rings. The SMILES string of the molecule is c1ccc2c(c1)oc1c(-c3ccnc4c(-c5cccc6c5oc5ccccc56)ccnc34)cccc12. The second-order valence-corrected chi connectivity index (χ2v) is 8.98. The number of fused-ring (bicyclic) bond motifs is 7. The van der Waals surface area contributed by atoms with Crippen LogP contribution in [0.25, 0.3) is 77.2 Å². The van der Waals surface area contributed by atoms with Gasteiger partial charge in [0.2, 0.25) is 0 Å². The normalized spacial score (nSPS) is 11.9. The first-order valence-corrected chi connectivity index (χ1v) is 11.9. The Hall–Kier alpha value is -4.96. The smallest absolute Gasteiger partial charge is 0.143 e. The van der Waals surface area contributed by atoms with E-state index in [4.69, 9.17) is 18.8 Å². The molecule has 4 aromatic carbocycles. The van der Waals surface area contributed by atoms with Gasteiger partial charge in [-0.1, -0.05) is 72.8 Å². The zero-order valence-corrected chi connectivity index (χ0v) is 19.1. The molecule has 0 unspecified atom stereocenters. The fraction of sp³-hybridized carbons (Fsp3) is 0. The molecule has 4 nitrogen and oxygen atoms in total. The topological polar surface area (TPSA) is 52.1 Å². The molecule has 0 aliphatic rings. The third kappa shape index (κ3) is 2.64.